The van der Waals surface area contributed by atoms with Gasteiger partial charge in [-0.25, -0.2) is 0 Å². The standard InChI is InChI=1S/C27H25ClN4O2/c28-23-15-7-6-14-22(23)24(31-16-8-9-17-31)18-29-26(33)25-20-12-4-5-13-21(20)27(34)32(30-25)19-10-2-1-3-11-19/h1-7,10-15,24H,8-9,16-18H2,(H,29,33)/t24-/m1/s1. The zero-order valence-electron chi connectivity index (χ0n) is 18.7. The van der Waals surface area contributed by atoms with Crippen LogP contribution in [0, 0.1) is 0 Å². The van der Waals surface area contributed by atoms with E-state index in [1.807, 2.05) is 48.5 Å². The number of nitrogens with one attached hydrogen (secondary N) is 1. The number of benzene rings is 3. The van der Waals surface area contributed by atoms with Crippen LogP contribution in [0.1, 0.15) is 34.9 Å². The summed E-state index contributed by atoms with van der Waals surface area (Å²) in [4.78, 5) is 28.9. The lowest BCUT2D eigenvalue weighted by Crippen LogP contribution is -2.38. The largest absolute Gasteiger partial charge is 0.349 e. The lowest BCUT2D eigenvalue weighted by Gasteiger charge is -2.29. The summed E-state index contributed by atoms with van der Waals surface area (Å²) in [5.41, 5.74) is 1.57. The molecule has 0 bridgehead atoms. The number of fused-ring (bicyclic) bond motifs is 1. The molecule has 1 atom stereocenters. The Balaban J connectivity index is 1.50. The molecule has 172 valence electrons. The number of halogens is 1. The zero-order valence-corrected chi connectivity index (χ0v) is 19.4. The maximum atomic E-state index is 13.4. The van der Waals surface area contributed by atoms with Crippen molar-refractivity contribution in [3.05, 3.63) is 105 Å². The monoisotopic (exact) mass is 472 g/mol. The maximum absolute atomic E-state index is 13.4. The number of aromatic nitrogens is 2. The molecule has 3 aromatic carbocycles. The second-order valence-electron chi connectivity index (χ2n) is 8.44. The summed E-state index contributed by atoms with van der Waals surface area (Å²) in [6.45, 7) is 2.32. The Kier molecular flexibility index (Phi) is 6.43. The number of carbonyl (C=O) groups excluding carboxylic acids is 1. The first-order chi connectivity index (χ1) is 16.6. The van der Waals surface area contributed by atoms with Crippen molar-refractivity contribution in [2.45, 2.75) is 18.9 Å². The molecule has 0 aliphatic carbocycles. The minimum Gasteiger partial charge on any atom is -0.349 e. The Morgan fingerprint density at radius 1 is 0.912 bits per heavy atom. The molecule has 1 aliphatic heterocycles. The van der Waals surface area contributed by atoms with Gasteiger partial charge in [0.15, 0.2) is 5.69 Å². The van der Waals surface area contributed by atoms with Crippen LogP contribution in [0.25, 0.3) is 16.5 Å². The molecule has 2 heterocycles. The Labute approximate surface area is 202 Å². The van der Waals surface area contributed by atoms with E-state index in [1.165, 1.54) is 4.68 Å². The van der Waals surface area contributed by atoms with Crippen molar-refractivity contribution >= 4 is 28.3 Å². The highest BCUT2D eigenvalue weighted by Gasteiger charge is 2.26. The topological polar surface area (TPSA) is 67.2 Å². The van der Waals surface area contributed by atoms with Crippen LogP contribution < -0.4 is 10.9 Å². The molecule has 34 heavy (non-hydrogen) atoms. The Morgan fingerprint density at radius 2 is 1.56 bits per heavy atom. The summed E-state index contributed by atoms with van der Waals surface area (Å²) in [7, 11) is 0. The predicted octanol–water partition coefficient (Wildman–Crippen LogP) is 4.61. The van der Waals surface area contributed by atoms with Crippen molar-refractivity contribution in [1.29, 1.82) is 0 Å². The number of hydrogen-bond acceptors (Lipinski definition) is 4. The molecule has 0 radical (unpaired) electrons. The maximum Gasteiger partial charge on any atom is 0.279 e. The summed E-state index contributed by atoms with van der Waals surface area (Å²) < 4.78 is 1.29. The van der Waals surface area contributed by atoms with Crippen molar-refractivity contribution in [3.8, 4) is 5.69 Å². The fourth-order valence-corrected chi connectivity index (χ4v) is 4.87. The van der Waals surface area contributed by atoms with Crippen molar-refractivity contribution in [3.63, 3.8) is 0 Å². The van der Waals surface area contributed by atoms with Gasteiger partial charge in [0.2, 0.25) is 0 Å². The predicted molar refractivity (Wildman–Crippen MR) is 135 cm³/mol. The number of likely N-dealkylation sites (tertiary alicyclic amines) is 1. The summed E-state index contributed by atoms with van der Waals surface area (Å²) in [5, 5.41) is 9.24. The van der Waals surface area contributed by atoms with Gasteiger partial charge < -0.3 is 5.32 Å². The average Bonchev–Trinajstić information content (AvgIpc) is 3.41. The molecule has 7 heteroatoms. The normalized spacial score (nSPS) is 14.9. The number of hydrogen-bond donors (Lipinski definition) is 1. The van der Waals surface area contributed by atoms with Crippen molar-refractivity contribution in [1.82, 2.24) is 20.0 Å². The van der Waals surface area contributed by atoms with Crippen LogP contribution in [0.4, 0.5) is 0 Å². The second kappa shape index (κ2) is 9.79. The first kappa shape index (κ1) is 22.3. The fraction of sp³-hybridized carbons (Fsp3) is 0.222. The highest BCUT2D eigenvalue weighted by molar-refractivity contribution is 6.31. The van der Waals surface area contributed by atoms with Gasteiger partial charge in [0.05, 0.1) is 17.1 Å². The summed E-state index contributed by atoms with van der Waals surface area (Å²) in [6.07, 6.45) is 2.26. The third kappa shape index (κ3) is 4.34. The number of carbonyl (C=O) groups is 1. The van der Waals surface area contributed by atoms with E-state index in [1.54, 1.807) is 30.3 Å². The number of rotatable bonds is 6. The van der Waals surface area contributed by atoms with E-state index in [9.17, 15) is 9.59 Å². The number of amides is 1. The highest BCUT2D eigenvalue weighted by Crippen LogP contribution is 2.30. The van der Waals surface area contributed by atoms with Crippen molar-refractivity contribution < 1.29 is 4.79 Å². The molecular formula is C27H25ClN4O2. The summed E-state index contributed by atoms with van der Waals surface area (Å²) in [6, 6.07) is 24.0. The van der Waals surface area contributed by atoms with Crippen molar-refractivity contribution in [2.24, 2.45) is 0 Å². The van der Waals surface area contributed by atoms with E-state index in [4.69, 9.17) is 11.6 Å². The van der Waals surface area contributed by atoms with E-state index in [-0.39, 0.29) is 23.2 Å². The summed E-state index contributed by atoms with van der Waals surface area (Å²) in [5.74, 6) is -0.322. The van der Waals surface area contributed by atoms with Gasteiger partial charge in [-0.15, -0.1) is 0 Å². The molecule has 0 saturated carbocycles. The smallest absolute Gasteiger partial charge is 0.279 e. The molecule has 1 aromatic heterocycles. The molecule has 1 saturated heterocycles. The molecular weight excluding hydrogens is 448 g/mol. The fourth-order valence-electron chi connectivity index (χ4n) is 4.61. The van der Waals surface area contributed by atoms with E-state index in [2.05, 4.69) is 15.3 Å². The molecule has 1 fully saturated rings. The van der Waals surface area contributed by atoms with Gasteiger partial charge in [-0.3, -0.25) is 14.5 Å². The van der Waals surface area contributed by atoms with Gasteiger partial charge >= 0.3 is 0 Å². The minimum atomic E-state index is -0.322. The summed E-state index contributed by atoms with van der Waals surface area (Å²) >= 11 is 6.52. The van der Waals surface area contributed by atoms with E-state index in [0.717, 1.165) is 31.5 Å². The van der Waals surface area contributed by atoms with Crippen LogP contribution in [0.3, 0.4) is 0 Å². The zero-order chi connectivity index (χ0) is 23.5. The van der Waals surface area contributed by atoms with Crippen LogP contribution in [0.5, 0.6) is 0 Å². The lowest BCUT2D eigenvalue weighted by molar-refractivity contribution is 0.0933. The molecule has 4 aromatic rings. The first-order valence-electron chi connectivity index (χ1n) is 11.5. The SMILES string of the molecule is O=C(NC[C@H](c1ccccc1Cl)N1CCCC1)c1nn(-c2ccccc2)c(=O)c2ccccc12. The van der Waals surface area contributed by atoms with Crippen LogP contribution in [-0.4, -0.2) is 40.2 Å². The Morgan fingerprint density at radius 3 is 2.29 bits per heavy atom. The first-order valence-corrected chi connectivity index (χ1v) is 11.9. The molecule has 1 aliphatic rings. The molecule has 1 N–H and O–H groups in total. The van der Waals surface area contributed by atoms with Gasteiger partial charge in [-0.05, 0) is 55.8 Å². The Bertz CT molecular complexity index is 1380. The van der Waals surface area contributed by atoms with Crippen LogP contribution in [0.2, 0.25) is 5.02 Å². The van der Waals surface area contributed by atoms with Gasteiger partial charge in [0.25, 0.3) is 11.5 Å². The van der Waals surface area contributed by atoms with Gasteiger partial charge in [-0.1, -0.05) is 66.2 Å². The third-order valence-corrected chi connectivity index (χ3v) is 6.67. The molecule has 1 amide bonds. The molecule has 5 rings (SSSR count). The van der Waals surface area contributed by atoms with Crippen LogP contribution >= 0.6 is 11.6 Å². The highest BCUT2D eigenvalue weighted by atomic mass is 35.5. The van der Waals surface area contributed by atoms with Crippen LogP contribution in [0.15, 0.2) is 83.7 Å². The van der Waals surface area contributed by atoms with Crippen molar-refractivity contribution in [2.75, 3.05) is 19.6 Å². The van der Waals surface area contributed by atoms with E-state index >= 15 is 0 Å². The quantitative estimate of drug-likeness (QED) is 0.445. The van der Waals surface area contributed by atoms with Crippen LogP contribution in [-0.2, 0) is 0 Å². The van der Waals surface area contributed by atoms with E-state index in [0.29, 0.717) is 28.0 Å². The molecule has 0 spiro atoms. The van der Waals surface area contributed by atoms with E-state index < -0.39 is 0 Å². The average molecular weight is 473 g/mol. The third-order valence-electron chi connectivity index (χ3n) is 6.32. The van der Waals surface area contributed by atoms with Gasteiger partial charge in [-0.2, -0.15) is 9.78 Å². The minimum absolute atomic E-state index is 0.0357. The number of para-hydroxylation sites is 1. The molecule has 0 unspecified atom stereocenters. The lowest BCUT2D eigenvalue weighted by atomic mass is 10.0. The van der Waals surface area contributed by atoms with Gasteiger partial charge in [0, 0.05) is 17.0 Å². The number of nitrogens with zero attached hydrogens (tertiary/aromatic N) is 3. The Hall–Kier alpha value is -3.48. The second-order valence-corrected chi connectivity index (χ2v) is 8.84. The molecule has 6 nitrogen and oxygen atoms in total. The van der Waals surface area contributed by atoms with Gasteiger partial charge in [0.1, 0.15) is 0 Å².